The first-order chi connectivity index (χ1) is 7.61. The van der Waals surface area contributed by atoms with Gasteiger partial charge < -0.3 is 5.32 Å². The third kappa shape index (κ3) is 4.19. The van der Waals surface area contributed by atoms with E-state index < -0.39 is 5.82 Å². The van der Waals surface area contributed by atoms with Crippen LogP contribution in [-0.2, 0) is 0 Å². The van der Waals surface area contributed by atoms with Gasteiger partial charge in [0, 0.05) is 11.9 Å². The van der Waals surface area contributed by atoms with Crippen LogP contribution in [0, 0.1) is 5.82 Å². The Labute approximate surface area is 99.8 Å². The lowest BCUT2D eigenvalue weighted by Crippen LogP contribution is -2.25. The fraction of sp³-hybridized carbons (Fsp3) is 0.417. The van der Waals surface area contributed by atoms with Crippen molar-refractivity contribution >= 4 is 17.5 Å². The fourth-order valence-corrected chi connectivity index (χ4v) is 1.48. The molecular formula is C12H15ClFNO. The lowest BCUT2D eigenvalue weighted by Gasteiger charge is -2.06. The molecular weight excluding hydrogens is 229 g/mol. The van der Waals surface area contributed by atoms with Gasteiger partial charge in [-0.2, -0.15) is 0 Å². The SMILES string of the molecule is CC(Cl)CCCNC(=O)c1ccccc1F. The van der Waals surface area contributed by atoms with Crippen LogP contribution < -0.4 is 5.32 Å². The molecule has 1 unspecified atom stereocenters. The molecule has 0 heterocycles. The Bertz CT molecular complexity index is 355. The highest BCUT2D eigenvalue weighted by molar-refractivity contribution is 6.20. The van der Waals surface area contributed by atoms with Gasteiger partial charge >= 0.3 is 0 Å². The molecule has 88 valence electrons. The molecule has 4 heteroatoms. The highest BCUT2D eigenvalue weighted by Gasteiger charge is 2.09. The van der Waals surface area contributed by atoms with E-state index in [4.69, 9.17) is 11.6 Å². The molecule has 1 atom stereocenters. The highest BCUT2D eigenvalue weighted by atomic mass is 35.5. The minimum atomic E-state index is -0.495. The van der Waals surface area contributed by atoms with Crippen LogP contribution in [0.1, 0.15) is 30.1 Å². The Balaban J connectivity index is 2.39. The molecule has 0 radical (unpaired) electrons. The van der Waals surface area contributed by atoms with E-state index in [0.717, 1.165) is 12.8 Å². The van der Waals surface area contributed by atoms with E-state index in [1.165, 1.54) is 12.1 Å². The van der Waals surface area contributed by atoms with Crippen LogP contribution in [0.15, 0.2) is 24.3 Å². The van der Waals surface area contributed by atoms with Crippen LogP contribution in [-0.4, -0.2) is 17.8 Å². The van der Waals surface area contributed by atoms with Gasteiger partial charge in [0.15, 0.2) is 0 Å². The Hall–Kier alpha value is -1.09. The van der Waals surface area contributed by atoms with Gasteiger partial charge in [0.05, 0.1) is 5.56 Å². The second-order valence-corrected chi connectivity index (χ2v) is 4.40. The molecule has 0 bridgehead atoms. The summed E-state index contributed by atoms with van der Waals surface area (Å²) in [4.78, 5) is 11.5. The normalized spacial score (nSPS) is 12.2. The van der Waals surface area contributed by atoms with Crippen molar-refractivity contribution in [1.82, 2.24) is 5.32 Å². The number of benzene rings is 1. The topological polar surface area (TPSA) is 29.1 Å². The number of carbonyl (C=O) groups is 1. The van der Waals surface area contributed by atoms with E-state index in [2.05, 4.69) is 5.32 Å². The summed E-state index contributed by atoms with van der Waals surface area (Å²) in [5.74, 6) is -0.869. The van der Waals surface area contributed by atoms with E-state index >= 15 is 0 Å². The molecule has 0 aromatic heterocycles. The summed E-state index contributed by atoms with van der Waals surface area (Å²) in [5, 5.41) is 2.76. The summed E-state index contributed by atoms with van der Waals surface area (Å²) in [7, 11) is 0. The number of halogens is 2. The standard InChI is InChI=1S/C12H15ClFNO/c1-9(13)5-4-8-15-12(16)10-6-2-3-7-11(10)14/h2-3,6-7,9H,4-5,8H2,1H3,(H,15,16). The summed E-state index contributed by atoms with van der Waals surface area (Å²) in [6.07, 6.45) is 1.63. The molecule has 0 aliphatic heterocycles. The van der Waals surface area contributed by atoms with Crippen molar-refractivity contribution in [2.45, 2.75) is 25.1 Å². The molecule has 0 fully saturated rings. The Kier molecular flexibility index (Phi) is 5.26. The van der Waals surface area contributed by atoms with Gasteiger partial charge in [0.25, 0.3) is 5.91 Å². The predicted octanol–water partition coefficient (Wildman–Crippen LogP) is 2.96. The fourth-order valence-electron chi connectivity index (χ4n) is 1.33. The van der Waals surface area contributed by atoms with E-state index in [-0.39, 0.29) is 16.8 Å². The summed E-state index contributed by atoms with van der Waals surface area (Å²) in [5.41, 5.74) is 0.0846. The molecule has 0 saturated heterocycles. The Morgan fingerprint density at radius 3 is 2.81 bits per heavy atom. The van der Waals surface area contributed by atoms with Gasteiger partial charge in [-0.05, 0) is 31.9 Å². The number of amides is 1. The molecule has 0 aliphatic rings. The van der Waals surface area contributed by atoms with Gasteiger partial charge in [-0.15, -0.1) is 11.6 Å². The predicted molar refractivity (Wildman–Crippen MR) is 63.3 cm³/mol. The zero-order valence-corrected chi connectivity index (χ0v) is 9.93. The van der Waals surface area contributed by atoms with Gasteiger partial charge in [-0.3, -0.25) is 4.79 Å². The van der Waals surface area contributed by atoms with E-state index in [1.807, 2.05) is 6.92 Å². The van der Waals surface area contributed by atoms with Gasteiger partial charge in [-0.25, -0.2) is 4.39 Å². The number of rotatable bonds is 5. The summed E-state index contributed by atoms with van der Waals surface area (Å²) in [6, 6.07) is 5.94. The lowest BCUT2D eigenvalue weighted by atomic mass is 10.2. The summed E-state index contributed by atoms with van der Waals surface area (Å²) >= 11 is 5.76. The van der Waals surface area contributed by atoms with Crippen LogP contribution in [0.5, 0.6) is 0 Å². The smallest absolute Gasteiger partial charge is 0.254 e. The first-order valence-corrected chi connectivity index (χ1v) is 5.71. The number of hydrogen-bond donors (Lipinski definition) is 1. The molecule has 16 heavy (non-hydrogen) atoms. The zero-order valence-electron chi connectivity index (χ0n) is 9.17. The zero-order chi connectivity index (χ0) is 12.0. The van der Waals surface area contributed by atoms with Crippen molar-refractivity contribution in [2.24, 2.45) is 0 Å². The van der Waals surface area contributed by atoms with Crippen LogP contribution in [0.25, 0.3) is 0 Å². The van der Waals surface area contributed by atoms with Crippen LogP contribution in [0.4, 0.5) is 4.39 Å². The van der Waals surface area contributed by atoms with E-state index in [0.29, 0.717) is 6.54 Å². The van der Waals surface area contributed by atoms with Crippen LogP contribution >= 0.6 is 11.6 Å². The third-order valence-electron chi connectivity index (χ3n) is 2.18. The average molecular weight is 244 g/mol. The van der Waals surface area contributed by atoms with Gasteiger partial charge in [-0.1, -0.05) is 12.1 Å². The average Bonchev–Trinajstić information content (AvgIpc) is 2.24. The van der Waals surface area contributed by atoms with Crippen LogP contribution in [0.3, 0.4) is 0 Å². The maximum absolute atomic E-state index is 13.2. The second-order valence-electron chi connectivity index (χ2n) is 3.66. The maximum Gasteiger partial charge on any atom is 0.254 e. The Morgan fingerprint density at radius 2 is 2.19 bits per heavy atom. The number of nitrogens with one attached hydrogen (secondary N) is 1. The number of carbonyl (C=O) groups excluding carboxylic acids is 1. The molecule has 1 N–H and O–H groups in total. The lowest BCUT2D eigenvalue weighted by molar-refractivity contribution is 0.0949. The van der Waals surface area contributed by atoms with Crippen molar-refractivity contribution in [3.8, 4) is 0 Å². The van der Waals surface area contributed by atoms with Crippen molar-refractivity contribution in [2.75, 3.05) is 6.54 Å². The summed E-state index contributed by atoms with van der Waals surface area (Å²) in [6.45, 7) is 2.42. The minimum Gasteiger partial charge on any atom is -0.352 e. The first-order valence-electron chi connectivity index (χ1n) is 5.28. The molecule has 1 amide bonds. The summed E-state index contributed by atoms with van der Waals surface area (Å²) < 4.78 is 13.2. The van der Waals surface area contributed by atoms with Gasteiger partial charge in [0.2, 0.25) is 0 Å². The molecule has 1 aromatic rings. The van der Waals surface area contributed by atoms with Crippen molar-refractivity contribution in [3.05, 3.63) is 35.6 Å². The maximum atomic E-state index is 13.2. The number of hydrogen-bond acceptors (Lipinski definition) is 1. The molecule has 1 rings (SSSR count). The molecule has 2 nitrogen and oxygen atoms in total. The second kappa shape index (κ2) is 6.48. The Morgan fingerprint density at radius 1 is 1.50 bits per heavy atom. The monoisotopic (exact) mass is 243 g/mol. The largest absolute Gasteiger partial charge is 0.352 e. The molecule has 1 aromatic carbocycles. The molecule has 0 spiro atoms. The first kappa shape index (κ1) is 13.0. The van der Waals surface area contributed by atoms with Crippen molar-refractivity contribution in [3.63, 3.8) is 0 Å². The van der Waals surface area contributed by atoms with E-state index in [9.17, 15) is 9.18 Å². The van der Waals surface area contributed by atoms with Crippen molar-refractivity contribution < 1.29 is 9.18 Å². The highest BCUT2D eigenvalue weighted by Crippen LogP contribution is 2.06. The molecule has 0 aliphatic carbocycles. The molecule has 0 saturated carbocycles. The quantitative estimate of drug-likeness (QED) is 0.625. The number of alkyl halides is 1. The third-order valence-corrected chi connectivity index (χ3v) is 2.40. The minimum absolute atomic E-state index is 0.0846. The van der Waals surface area contributed by atoms with E-state index in [1.54, 1.807) is 12.1 Å². The van der Waals surface area contributed by atoms with Crippen molar-refractivity contribution in [1.29, 1.82) is 0 Å². The van der Waals surface area contributed by atoms with Gasteiger partial charge in [0.1, 0.15) is 5.82 Å². The van der Waals surface area contributed by atoms with Crippen LogP contribution in [0.2, 0.25) is 0 Å².